The van der Waals surface area contributed by atoms with E-state index in [9.17, 15) is 21.0 Å². The van der Waals surface area contributed by atoms with E-state index in [2.05, 4.69) is 100 Å². The molecule has 0 amide bonds. The van der Waals surface area contributed by atoms with Crippen LogP contribution < -0.4 is 0 Å². The molecule has 0 saturated heterocycles. The zero-order valence-corrected chi connectivity index (χ0v) is 46.1. The number of unbranched alkanes of at least 4 members (excludes halogenated alkanes) is 2. The van der Waals surface area contributed by atoms with Crippen LogP contribution in [0.4, 0.5) is 0 Å². The lowest BCUT2D eigenvalue weighted by Gasteiger charge is -2.13. The van der Waals surface area contributed by atoms with E-state index >= 15 is 0 Å². The third-order valence-electron chi connectivity index (χ3n) is 12.8. The molecule has 8 heterocycles. The summed E-state index contributed by atoms with van der Waals surface area (Å²) in [6.07, 6.45) is 15.5. The number of rotatable bonds is 20. The van der Waals surface area contributed by atoms with Gasteiger partial charge in [-0.1, -0.05) is 79.1 Å². The monoisotopic (exact) mass is 1060 g/mol. The first-order chi connectivity index (χ1) is 34.3. The van der Waals surface area contributed by atoms with Crippen molar-refractivity contribution in [2.24, 2.45) is 11.8 Å². The molecule has 12 heteroatoms. The maximum absolute atomic E-state index is 9.38. The second-order valence-corrected chi connectivity index (χ2v) is 26.4. The van der Waals surface area contributed by atoms with Crippen LogP contribution in [0.2, 0.25) is 0 Å². The molecule has 4 nitrogen and oxygen atoms in total. The average molecular weight is 1060 g/mol. The highest BCUT2D eigenvalue weighted by atomic mass is 32.1. The minimum absolute atomic E-state index is 0.110. The van der Waals surface area contributed by atoms with Gasteiger partial charge in [0.05, 0.1) is 0 Å². The van der Waals surface area contributed by atoms with E-state index in [0.717, 1.165) is 32.4 Å². The Hall–Kier alpha value is -5.22. The normalized spacial score (nSPS) is 12.1. The molecule has 2 unspecified atom stereocenters. The molecule has 9 rings (SSSR count). The lowest BCUT2D eigenvalue weighted by atomic mass is 9.95. The zero-order chi connectivity index (χ0) is 48.7. The second-order valence-electron chi connectivity index (χ2n) is 17.5. The Bertz CT molecular complexity index is 3220. The van der Waals surface area contributed by atoms with Gasteiger partial charge in [0.1, 0.15) is 35.4 Å². The molecule has 0 aliphatic heterocycles. The van der Waals surface area contributed by atoms with Crippen LogP contribution in [-0.2, 0) is 12.8 Å². The summed E-state index contributed by atoms with van der Waals surface area (Å²) in [4.78, 5) is 16.9. The highest BCUT2D eigenvalue weighted by Gasteiger charge is 2.26. The van der Waals surface area contributed by atoms with Gasteiger partial charge in [0, 0.05) is 99.6 Å². The predicted octanol–water partition coefficient (Wildman–Crippen LogP) is 20.9. The van der Waals surface area contributed by atoms with Crippen molar-refractivity contribution >= 4 is 123 Å². The molecule has 0 bridgehead atoms. The minimum atomic E-state index is 0.110. The standard InChI is InChI=1S/C58H50N4S8/c1-5-9-11-35(7-3)25-39-15-19-51(65-39)55-43-29-53(49-23-21-47(67-49)45-17-13-41(63-45)27-37(31-59)32-60)70-58(43)56(52-20-16-40(66-52)26-36(8-4)12-10-6-2)44-30-54(69-57(44)55)50-24-22-48(68-50)46-18-14-42(64-46)28-38(33-61)34-62/h13-24,27-30,35-36H,5-12,25-26H2,1-4H3. The van der Waals surface area contributed by atoms with E-state index < -0.39 is 0 Å². The summed E-state index contributed by atoms with van der Waals surface area (Å²) in [5.74, 6) is 1.37. The first-order valence-corrected chi connectivity index (χ1v) is 30.5. The van der Waals surface area contributed by atoms with Crippen LogP contribution >= 0.6 is 90.7 Å². The number of fused-ring (bicyclic) bond motifs is 2. The fourth-order valence-electron chi connectivity index (χ4n) is 9.00. The van der Waals surface area contributed by atoms with Gasteiger partial charge in [-0.05, 0) is 122 Å². The highest BCUT2D eigenvalue weighted by molar-refractivity contribution is 7.31. The third-order valence-corrected chi connectivity index (χ3v) is 22.4. The average Bonchev–Trinajstić information content (AvgIpc) is 4.23. The Morgan fingerprint density at radius 3 is 1.16 bits per heavy atom. The van der Waals surface area contributed by atoms with E-state index in [1.165, 1.54) is 131 Å². The summed E-state index contributed by atoms with van der Waals surface area (Å²) in [6, 6.07) is 39.6. The van der Waals surface area contributed by atoms with Crippen molar-refractivity contribution in [3.8, 4) is 84.2 Å². The van der Waals surface area contributed by atoms with Gasteiger partial charge in [0.25, 0.3) is 0 Å². The summed E-state index contributed by atoms with van der Waals surface area (Å²) in [5.41, 5.74) is 2.89. The summed E-state index contributed by atoms with van der Waals surface area (Å²) >= 11 is 14.6. The smallest absolute Gasteiger partial charge is 0.131 e. The predicted molar refractivity (Wildman–Crippen MR) is 310 cm³/mol. The SMILES string of the molecule is CCCCC(CC)Cc1ccc(-c2c3cc(-c4ccc(-c5ccc(C=C(C#N)C#N)s5)s4)sc3c(-c3ccc(CC(CC)CCCC)s3)c3cc(-c4ccc(-c5ccc(C=C(C#N)C#N)s5)s4)sc23)s1. The molecule has 0 aliphatic rings. The van der Waals surface area contributed by atoms with Gasteiger partial charge in [-0.3, -0.25) is 0 Å². The molecule has 0 aliphatic carbocycles. The van der Waals surface area contributed by atoms with Crippen LogP contribution in [0.5, 0.6) is 0 Å². The van der Waals surface area contributed by atoms with Crippen molar-refractivity contribution in [2.75, 3.05) is 0 Å². The zero-order valence-electron chi connectivity index (χ0n) is 39.5. The van der Waals surface area contributed by atoms with Crippen molar-refractivity contribution in [3.05, 3.63) is 116 Å². The number of allylic oxidation sites excluding steroid dienone is 2. The van der Waals surface area contributed by atoms with Gasteiger partial charge in [-0.15, -0.1) is 90.7 Å². The lowest BCUT2D eigenvalue weighted by Crippen LogP contribution is -2.01. The molecule has 70 heavy (non-hydrogen) atoms. The van der Waals surface area contributed by atoms with Gasteiger partial charge in [0.15, 0.2) is 0 Å². The van der Waals surface area contributed by atoms with Crippen molar-refractivity contribution in [2.45, 2.75) is 91.9 Å². The number of benzene rings is 1. The van der Waals surface area contributed by atoms with Crippen LogP contribution in [0.25, 0.3) is 92.2 Å². The topological polar surface area (TPSA) is 95.2 Å². The van der Waals surface area contributed by atoms with Crippen LogP contribution in [0.15, 0.2) is 96.1 Å². The maximum atomic E-state index is 9.38. The van der Waals surface area contributed by atoms with E-state index in [1.807, 2.05) is 81.8 Å². The Morgan fingerprint density at radius 1 is 0.429 bits per heavy atom. The molecule has 1 aromatic carbocycles. The Labute approximate surface area is 443 Å². The quantitative estimate of drug-likeness (QED) is 0.0711. The Kier molecular flexibility index (Phi) is 16.3. The molecular formula is C58H50N4S8. The highest BCUT2D eigenvalue weighted by Crippen LogP contribution is 2.55. The Morgan fingerprint density at radius 2 is 0.786 bits per heavy atom. The largest absolute Gasteiger partial charge is 0.192 e. The molecule has 0 saturated carbocycles. The minimum Gasteiger partial charge on any atom is -0.192 e. The number of thiophene rings is 8. The number of hydrogen-bond acceptors (Lipinski definition) is 12. The summed E-state index contributed by atoms with van der Waals surface area (Å²) < 4.78 is 2.66. The van der Waals surface area contributed by atoms with Gasteiger partial charge in [0.2, 0.25) is 0 Å². The molecule has 0 fully saturated rings. The van der Waals surface area contributed by atoms with E-state index in [1.54, 1.807) is 57.5 Å². The van der Waals surface area contributed by atoms with Crippen molar-refractivity contribution in [3.63, 3.8) is 0 Å². The van der Waals surface area contributed by atoms with E-state index in [0.29, 0.717) is 11.8 Å². The second kappa shape index (κ2) is 22.9. The third kappa shape index (κ3) is 10.8. The fourth-order valence-corrected chi connectivity index (χ4v) is 18.2. The molecule has 350 valence electrons. The van der Waals surface area contributed by atoms with Crippen LogP contribution in [0, 0.1) is 57.2 Å². The van der Waals surface area contributed by atoms with Gasteiger partial charge in [-0.2, -0.15) is 21.0 Å². The van der Waals surface area contributed by atoms with Gasteiger partial charge in [-0.25, -0.2) is 0 Å². The van der Waals surface area contributed by atoms with E-state index in [4.69, 9.17) is 0 Å². The van der Waals surface area contributed by atoms with Gasteiger partial charge >= 0.3 is 0 Å². The molecular weight excluding hydrogens is 1010 g/mol. The molecule has 2 atom stereocenters. The molecule has 8 aromatic heterocycles. The van der Waals surface area contributed by atoms with Crippen LogP contribution in [0.3, 0.4) is 0 Å². The lowest BCUT2D eigenvalue weighted by molar-refractivity contribution is 0.452. The number of nitriles is 4. The molecule has 0 radical (unpaired) electrons. The first-order valence-electron chi connectivity index (χ1n) is 23.9. The Balaban J connectivity index is 1.21. The number of hydrogen-bond donors (Lipinski definition) is 0. The molecule has 0 spiro atoms. The number of nitrogens with zero attached hydrogens (tertiary/aromatic N) is 4. The van der Waals surface area contributed by atoms with Crippen LogP contribution in [-0.4, -0.2) is 0 Å². The molecule has 0 N–H and O–H groups in total. The van der Waals surface area contributed by atoms with Crippen molar-refractivity contribution < 1.29 is 0 Å². The van der Waals surface area contributed by atoms with E-state index in [-0.39, 0.29) is 11.1 Å². The summed E-state index contributed by atoms with van der Waals surface area (Å²) in [6.45, 7) is 9.28. The summed E-state index contributed by atoms with van der Waals surface area (Å²) in [5, 5.41) is 40.1. The summed E-state index contributed by atoms with van der Waals surface area (Å²) in [7, 11) is 0. The molecule has 9 aromatic rings. The first kappa shape index (κ1) is 49.7. The van der Waals surface area contributed by atoms with Crippen molar-refractivity contribution in [1.29, 1.82) is 21.0 Å². The van der Waals surface area contributed by atoms with Crippen molar-refractivity contribution in [1.82, 2.24) is 0 Å². The van der Waals surface area contributed by atoms with Crippen LogP contribution in [0.1, 0.15) is 98.6 Å². The maximum Gasteiger partial charge on any atom is 0.131 e. The van der Waals surface area contributed by atoms with Gasteiger partial charge < -0.3 is 0 Å². The fraction of sp³-hybridized carbons (Fsp3) is 0.276.